The fourth-order valence-corrected chi connectivity index (χ4v) is 3.02. The molecule has 1 aromatic heterocycles. The van der Waals surface area contributed by atoms with Crippen molar-refractivity contribution in [1.82, 2.24) is 20.4 Å². The van der Waals surface area contributed by atoms with Crippen molar-refractivity contribution in [3.05, 3.63) is 58.3 Å². The monoisotopic (exact) mass is 331 g/mol. The average Bonchev–Trinajstić information content (AvgIpc) is 2.81. The van der Waals surface area contributed by atoms with Gasteiger partial charge in [0.25, 0.3) is 0 Å². The molecule has 0 aliphatic heterocycles. The standard InChI is InChI=1S/C14H14BrN5/c1-20-13(14(15)18-19-20)12(17-16)11-8-4-6-9-5-2-3-7-10(9)11/h2-8,12,17H,16H2,1H3. The lowest BCUT2D eigenvalue weighted by Gasteiger charge is -2.18. The van der Waals surface area contributed by atoms with Gasteiger partial charge in [0.05, 0.1) is 11.7 Å². The molecule has 3 rings (SSSR count). The summed E-state index contributed by atoms with van der Waals surface area (Å²) in [5.41, 5.74) is 4.85. The topological polar surface area (TPSA) is 68.8 Å². The number of aromatic nitrogens is 3. The Kier molecular flexibility index (Phi) is 3.52. The lowest BCUT2D eigenvalue weighted by atomic mass is 9.97. The Labute approximate surface area is 124 Å². The van der Waals surface area contributed by atoms with Gasteiger partial charge in [0.2, 0.25) is 0 Å². The molecular formula is C14H14BrN5. The van der Waals surface area contributed by atoms with Crippen molar-refractivity contribution in [2.45, 2.75) is 6.04 Å². The van der Waals surface area contributed by atoms with E-state index >= 15 is 0 Å². The molecule has 102 valence electrons. The maximum absolute atomic E-state index is 5.79. The van der Waals surface area contributed by atoms with E-state index in [9.17, 15) is 0 Å². The van der Waals surface area contributed by atoms with Crippen LogP contribution in [0.1, 0.15) is 17.3 Å². The number of nitrogens with one attached hydrogen (secondary N) is 1. The van der Waals surface area contributed by atoms with Crippen LogP contribution in [0.4, 0.5) is 0 Å². The maximum atomic E-state index is 5.79. The number of hydrogen-bond acceptors (Lipinski definition) is 4. The van der Waals surface area contributed by atoms with Gasteiger partial charge in [-0.05, 0) is 32.3 Å². The number of hydrazine groups is 1. The molecule has 3 aromatic rings. The van der Waals surface area contributed by atoms with E-state index in [0.717, 1.165) is 16.6 Å². The van der Waals surface area contributed by atoms with E-state index < -0.39 is 0 Å². The van der Waals surface area contributed by atoms with E-state index in [4.69, 9.17) is 5.84 Å². The third-order valence-electron chi connectivity index (χ3n) is 3.40. The normalized spacial score (nSPS) is 12.8. The number of hydrogen-bond donors (Lipinski definition) is 2. The largest absolute Gasteiger partial charge is 0.271 e. The molecule has 1 heterocycles. The van der Waals surface area contributed by atoms with Crippen LogP contribution in [0.3, 0.4) is 0 Å². The van der Waals surface area contributed by atoms with E-state index in [1.807, 2.05) is 25.2 Å². The molecule has 0 aliphatic rings. The Balaban J connectivity index is 2.22. The van der Waals surface area contributed by atoms with E-state index in [1.165, 1.54) is 5.39 Å². The number of nitrogens with two attached hydrogens (primary N) is 1. The zero-order valence-electron chi connectivity index (χ0n) is 10.9. The predicted octanol–water partition coefficient (Wildman–Crippen LogP) is 2.28. The van der Waals surface area contributed by atoms with Crippen LogP contribution in [0.5, 0.6) is 0 Å². The van der Waals surface area contributed by atoms with E-state index in [1.54, 1.807) is 4.68 Å². The lowest BCUT2D eigenvalue weighted by molar-refractivity contribution is 0.572. The SMILES string of the molecule is Cn1nnc(Br)c1C(NN)c1cccc2ccccc12. The summed E-state index contributed by atoms with van der Waals surface area (Å²) < 4.78 is 2.41. The molecule has 3 N–H and O–H groups in total. The highest BCUT2D eigenvalue weighted by atomic mass is 79.9. The first-order valence-electron chi connectivity index (χ1n) is 6.21. The summed E-state index contributed by atoms with van der Waals surface area (Å²) in [5.74, 6) is 5.79. The number of benzene rings is 2. The van der Waals surface area contributed by atoms with Gasteiger partial charge in [0, 0.05) is 7.05 Å². The van der Waals surface area contributed by atoms with Crippen molar-refractivity contribution in [2.24, 2.45) is 12.9 Å². The van der Waals surface area contributed by atoms with Crippen molar-refractivity contribution in [3.8, 4) is 0 Å². The highest BCUT2D eigenvalue weighted by molar-refractivity contribution is 9.10. The minimum Gasteiger partial charge on any atom is -0.271 e. The number of aryl methyl sites for hydroxylation is 1. The Morgan fingerprint density at radius 3 is 2.65 bits per heavy atom. The summed E-state index contributed by atoms with van der Waals surface area (Å²) in [4.78, 5) is 0. The summed E-state index contributed by atoms with van der Waals surface area (Å²) in [7, 11) is 1.85. The molecule has 0 saturated heterocycles. The molecular weight excluding hydrogens is 318 g/mol. The van der Waals surface area contributed by atoms with Gasteiger partial charge < -0.3 is 0 Å². The van der Waals surface area contributed by atoms with Crippen LogP contribution in [0.25, 0.3) is 10.8 Å². The van der Waals surface area contributed by atoms with Crippen LogP contribution in [0, 0.1) is 0 Å². The van der Waals surface area contributed by atoms with Crippen LogP contribution in [-0.2, 0) is 7.05 Å². The Morgan fingerprint density at radius 2 is 1.95 bits per heavy atom. The van der Waals surface area contributed by atoms with Crippen molar-refractivity contribution in [2.75, 3.05) is 0 Å². The van der Waals surface area contributed by atoms with Gasteiger partial charge in [-0.3, -0.25) is 5.84 Å². The van der Waals surface area contributed by atoms with Gasteiger partial charge >= 0.3 is 0 Å². The molecule has 6 heteroatoms. The average molecular weight is 332 g/mol. The van der Waals surface area contributed by atoms with Crippen LogP contribution >= 0.6 is 15.9 Å². The van der Waals surface area contributed by atoms with Crippen molar-refractivity contribution in [3.63, 3.8) is 0 Å². The van der Waals surface area contributed by atoms with Crippen LogP contribution in [0.15, 0.2) is 47.1 Å². The first kappa shape index (κ1) is 13.2. The summed E-state index contributed by atoms with van der Waals surface area (Å²) in [6.07, 6.45) is 0. The number of rotatable bonds is 3. The van der Waals surface area contributed by atoms with Crippen LogP contribution in [-0.4, -0.2) is 15.0 Å². The Morgan fingerprint density at radius 1 is 1.20 bits per heavy atom. The summed E-state index contributed by atoms with van der Waals surface area (Å²) >= 11 is 3.43. The summed E-state index contributed by atoms with van der Waals surface area (Å²) in [6.45, 7) is 0. The Bertz CT molecular complexity index is 727. The first-order chi connectivity index (χ1) is 9.72. The molecule has 1 unspecified atom stereocenters. The molecule has 2 aromatic carbocycles. The molecule has 0 fully saturated rings. The highest BCUT2D eigenvalue weighted by Gasteiger charge is 2.22. The van der Waals surface area contributed by atoms with Crippen LogP contribution < -0.4 is 11.3 Å². The number of halogens is 1. The molecule has 0 saturated carbocycles. The van der Waals surface area contributed by atoms with Gasteiger partial charge in [0.1, 0.15) is 0 Å². The minimum absolute atomic E-state index is 0.185. The van der Waals surface area contributed by atoms with Crippen molar-refractivity contribution in [1.29, 1.82) is 0 Å². The molecule has 5 nitrogen and oxygen atoms in total. The highest BCUT2D eigenvalue weighted by Crippen LogP contribution is 2.30. The van der Waals surface area contributed by atoms with Gasteiger partial charge in [0.15, 0.2) is 4.60 Å². The molecule has 20 heavy (non-hydrogen) atoms. The summed E-state index contributed by atoms with van der Waals surface area (Å²) in [5, 5.41) is 10.4. The molecule has 0 amide bonds. The van der Waals surface area contributed by atoms with E-state index in [0.29, 0.717) is 4.60 Å². The third-order valence-corrected chi connectivity index (χ3v) is 3.97. The minimum atomic E-state index is -0.185. The van der Waals surface area contributed by atoms with Crippen molar-refractivity contribution < 1.29 is 0 Å². The van der Waals surface area contributed by atoms with Crippen molar-refractivity contribution >= 4 is 26.7 Å². The fraction of sp³-hybridized carbons (Fsp3) is 0.143. The van der Waals surface area contributed by atoms with Crippen LogP contribution in [0.2, 0.25) is 0 Å². The zero-order valence-corrected chi connectivity index (χ0v) is 12.5. The van der Waals surface area contributed by atoms with Gasteiger partial charge in [-0.15, -0.1) is 5.10 Å². The second-order valence-corrected chi connectivity index (χ2v) is 5.31. The lowest BCUT2D eigenvalue weighted by Crippen LogP contribution is -2.30. The second-order valence-electron chi connectivity index (χ2n) is 4.56. The molecule has 1 atom stereocenters. The summed E-state index contributed by atoms with van der Waals surface area (Å²) in [6, 6.07) is 14.2. The van der Waals surface area contributed by atoms with Gasteiger partial charge in [-0.25, -0.2) is 10.1 Å². The fourth-order valence-electron chi connectivity index (χ4n) is 2.46. The maximum Gasteiger partial charge on any atom is 0.153 e. The van der Waals surface area contributed by atoms with E-state index in [2.05, 4.69) is 55.9 Å². The van der Waals surface area contributed by atoms with Gasteiger partial charge in [-0.2, -0.15) is 0 Å². The molecule has 0 radical (unpaired) electrons. The number of nitrogens with zero attached hydrogens (tertiary/aromatic N) is 3. The molecule has 0 aliphatic carbocycles. The first-order valence-corrected chi connectivity index (χ1v) is 7.00. The molecule has 0 spiro atoms. The third kappa shape index (κ3) is 2.11. The smallest absolute Gasteiger partial charge is 0.153 e. The zero-order chi connectivity index (χ0) is 14.1. The quantitative estimate of drug-likeness (QED) is 0.570. The number of fused-ring (bicyclic) bond motifs is 1. The van der Waals surface area contributed by atoms with E-state index in [-0.39, 0.29) is 6.04 Å². The van der Waals surface area contributed by atoms with Gasteiger partial charge in [-0.1, -0.05) is 47.7 Å². The Hall–Kier alpha value is -1.76. The molecule has 0 bridgehead atoms. The predicted molar refractivity (Wildman–Crippen MR) is 81.8 cm³/mol. The second kappa shape index (κ2) is 5.32.